The number of hydrogen-bond donors (Lipinski definition) is 3. The molecule has 0 bridgehead atoms. The summed E-state index contributed by atoms with van der Waals surface area (Å²) < 4.78 is 5.06. The lowest BCUT2D eigenvalue weighted by molar-refractivity contribution is -0.143. The number of hydrogen-bond acceptors (Lipinski definition) is 5. The molecule has 5 heteroatoms. The quantitative estimate of drug-likeness (QED) is 0.213. The monoisotopic (exact) mass is 388 g/mol. The van der Waals surface area contributed by atoms with Crippen molar-refractivity contribution in [1.29, 1.82) is 0 Å². The molecule has 0 amide bonds. The van der Waals surface area contributed by atoms with Crippen LogP contribution in [0.1, 0.15) is 103 Å². The van der Waals surface area contributed by atoms with Gasteiger partial charge in [0.1, 0.15) is 0 Å². The summed E-state index contributed by atoms with van der Waals surface area (Å²) in [5.41, 5.74) is -0.699. The van der Waals surface area contributed by atoms with Crippen LogP contribution in [-0.4, -0.2) is 47.7 Å². The Balaban J connectivity index is 3.29. The second kappa shape index (κ2) is 18.7. The van der Waals surface area contributed by atoms with E-state index >= 15 is 0 Å². The fourth-order valence-corrected chi connectivity index (χ4v) is 3.21. The van der Waals surface area contributed by atoms with Crippen LogP contribution < -0.4 is 0 Å². The van der Waals surface area contributed by atoms with Crippen molar-refractivity contribution in [1.82, 2.24) is 0 Å². The molecule has 0 aromatic rings. The highest BCUT2D eigenvalue weighted by atomic mass is 16.5. The number of aliphatic hydroxyl groups excluding tert-OH is 3. The minimum atomic E-state index is -0.699. The predicted octanol–water partition coefficient (Wildman–Crippen LogP) is 4.36. The van der Waals surface area contributed by atoms with E-state index in [-0.39, 0.29) is 25.8 Å². The van der Waals surface area contributed by atoms with Crippen molar-refractivity contribution in [2.24, 2.45) is 5.41 Å². The van der Waals surface area contributed by atoms with Crippen molar-refractivity contribution in [2.45, 2.75) is 103 Å². The zero-order chi connectivity index (χ0) is 20.2. The number of carbonyl (C=O) groups excluding carboxylic acids is 1. The first-order valence-corrected chi connectivity index (χ1v) is 11.1. The number of carbonyl (C=O) groups is 1. The van der Waals surface area contributed by atoms with Gasteiger partial charge in [-0.15, -0.1) is 0 Å². The van der Waals surface area contributed by atoms with Crippen LogP contribution in [0.5, 0.6) is 0 Å². The molecular weight excluding hydrogens is 344 g/mol. The molecule has 0 saturated heterocycles. The number of unbranched alkanes of at least 4 members (excludes halogenated alkanes) is 11. The highest BCUT2D eigenvalue weighted by Crippen LogP contribution is 2.24. The zero-order valence-electron chi connectivity index (χ0n) is 17.6. The number of aliphatic hydroxyl groups is 3. The number of esters is 1. The van der Waals surface area contributed by atoms with Crippen molar-refractivity contribution in [3.63, 3.8) is 0 Å². The van der Waals surface area contributed by atoms with Crippen LogP contribution in [0.25, 0.3) is 0 Å². The molecule has 0 heterocycles. The van der Waals surface area contributed by atoms with Crippen LogP contribution >= 0.6 is 0 Å². The van der Waals surface area contributed by atoms with Gasteiger partial charge in [-0.25, -0.2) is 0 Å². The molecule has 3 N–H and O–H groups in total. The van der Waals surface area contributed by atoms with Crippen LogP contribution in [0.2, 0.25) is 0 Å². The lowest BCUT2D eigenvalue weighted by Gasteiger charge is -2.27. The maximum atomic E-state index is 11.3. The number of ether oxygens (including phenoxy) is 1. The van der Waals surface area contributed by atoms with E-state index < -0.39 is 5.41 Å². The summed E-state index contributed by atoms with van der Waals surface area (Å²) in [6.45, 7) is 2.11. The molecular formula is C22H44O5. The van der Waals surface area contributed by atoms with Gasteiger partial charge in [-0.3, -0.25) is 4.79 Å². The molecule has 0 saturated carbocycles. The Morgan fingerprint density at radius 2 is 1.11 bits per heavy atom. The summed E-state index contributed by atoms with van der Waals surface area (Å²) in [5, 5.41) is 27.8. The van der Waals surface area contributed by atoms with Gasteiger partial charge in [-0.05, 0) is 19.3 Å². The molecule has 0 aliphatic carbocycles. The summed E-state index contributed by atoms with van der Waals surface area (Å²) in [7, 11) is 0. The first-order chi connectivity index (χ1) is 13.1. The Hall–Kier alpha value is -0.650. The minimum Gasteiger partial charge on any atom is -0.466 e. The Morgan fingerprint density at radius 1 is 0.704 bits per heavy atom. The molecule has 0 radical (unpaired) electrons. The third kappa shape index (κ3) is 15.0. The smallest absolute Gasteiger partial charge is 0.305 e. The van der Waals surface area contributed by atoms with Gasteiger partial charge in [0, 0.05) is 11.8 Å². The summed E-state index contributed by atoms with van der Waals surface area (Å²) in [5.74, 6) is -0.0494. The summed E-state index contributed by atoms with van der Waals surface area (Å²) >= 11 is 0. The first kappa shape index (κ1) is 26.4. The standard InChI is InChI=1S/C22H44O5/c1-2-17-27-21(26)15-13-11-9-7-5-3-4-6-8-10-12-14-16-22(18-23,19-24)20-25/h23-25H,2-20H2,1H3. The van der Waals surface area contributed by atoms with E-state index in [1.54, 1.807) is 0 Å². The molecule has 0 fully saturated rings. The van der Waals surface area contributed by atoms with E-state index in [9.17, 15) is 20.1 Å². The molecule has 27 heavy (non-hydrogen) atoms. The average molecular weight is 389 g/mol. The maximum Gasteiger partial charge on any atom is 0.305 e. The SMILES string of the molecule is CCCOC(=O)CCCCCCCCCCCCCCC(CO)(CO)CO. The highest BCUT2D eigenvalue weighted by molar-refractivity contribution is 5.69. The van der Waals surface area contributed by atoms with Gasteiger partial charge in [0.15, 0.2) is 0 Å². The van der Waals surface area contributed by atoms with Crippen molar-refractivity contribution < 1.29 is 24.9 Å². The fraction of sp³-hybridized carbons (Fsp3) is 0.955. The molecule has 0 rings (SSSR count). The average Bonchev–Trinajstić information content (AvgIpc) is 2.70. The van der Waals surface area contributed by atoms with Crippen molar-refractivity contribution in [2.75, 3.05) is 26.4 Å². The third-order valence-corrected chi connectivity index (χ3v) is 5.31. The molecule has 0 atom stereocenters. The van der Waals surface area contributed by atoms with Crippen molar-refractivity contribution >= 4 is 5.97 Å². The largest absolute Gasteiger partial charge is 0.466 e. The third-order valence-electron chi connectivity index (χ3n) is 5.31. The van der Waals surface area contributed by atoms with Gasteiger partial charge in [-0.2, -0.15) is 0 Å². The van der Waals surface area contributed by atoms with Crippen LogP contribution in [-0.2, 0) is 9.53 Å². The predicted molar refractivity (Wildman–Crippen MR) is 110 cm³/mol. The maximum absolute atomic E-state index is 11.3. The molecule has 0 spiro atoms. The Labute approximate surface area is 166 Å². The molecule has 0 aliphatic heterocycles. The summed E-state index contributed by atoms with van der Waals surface area (Å²) in [6, 6.07) is 0. The Morgan fingerprint density at radius 3 is 1.52 bits per heavy atom. The molecule has 0 aromatic carbocycles. The van der Waals surface area contributed by atoms with Gasteiger partial charge in [0.05, 0.1) is 26.4 Å². The minimum absolute atomic E-state index is 0.0494. The first-order valence-electron chi connectivity index (χ1n) is 11.1. The Bertz CT molecular complexity index is 320. The van der Waals surface area contributed by atoms with Gasteiger partial charge in [0.2, 0.25) is 0 Å². The molecule has 5 nitrogen and oxygen atoms in total. The fourth-order valence-electron chi connectivity index (χ4n) is 3.21. The van der Waals surface area contributed by atoms with E-state index in [4.69, 9.17) is 4.74 Å². The highest BCUT2D eigenvalue weighted by Gasteiger charge is 2.27. The van der Waals surface area contributed by atoms with Gasteiger partial charge < -0.3 is 20.1 Å². The van der Waals surface area contributed by atoms with E-state index in [2.05, 4.69) is 0 Å². The zero-order valence-corrected chi connectivity index (χ0v) is 17.6. The van der Waals surface area contributed by atoms with Crippen LogP contribution in [0, 0.1) is 5.41 Å². The molecule has 162 valence electrons. The van der Waals surface area contributed by atoms with Crippen LogP contribution in [0.15, 0.2) is 0 Å². The van der Waals surface area contributed by atoms with Crippen molar-refractivity contribution in [3.05, 3.63) is 0 Å². The summed E-state index contributed by atoms with van der Waals surface area (Å²) in [6.07, 6.45) is 16.3. The van der Waals surface area contributed by atoms with Crippen LogP contribution in [0.3, 0.4) is 0 Å². The second-order valence-corrected chi connectivity index (χ2v) is 7.94. The molecule has 0 aromatic heterocycles. The lowest BCUT2D eigenvalue weighted by Crippen LogP contribution is -2.33. The summed E-state index contributed by atoms with van der Waals surface area (Å²) in [4.78, 5) is 11.3. The van der Waals surface area contributed by atoms with Crippen LogP contribution in [0.4, 0.5) is 0 Å². The van der Waals surface area contributed by atoms with E-state index in [0.29, 0.717) is 19.4 Å². The van der Waals surface area contributed by atoms with E-state index in [0.717, 1.165) is 32.1 Å². The van der Waals surface area contributed by atoms with E-state index in [1.165, 1.54) is 51.4 Å². The van der Waals surface area contributed by atoms with Gasteiger partial charge in [0.25, 0.3) is 0 Å². The van der Waals surface area contributed by atoms with Gasteiger partial charge >= 0.3 is 5.97 Å². The lowest BCUT2D eigenvalue weighted by atomic mass is 9.85. The molecule has 0 unspecified atom stereocenters. The van der Waals surface area contributed by atoms with Gasteiger partial charge in [-0.1, -0.05) is 77.6 Å². The molecule has 0 aliphatic rings. The van der Waals surface area contributed by atoms with E-state index in [1.807, 2.05) is 6.92 Å². The topological polar surface area (TPSA) is 87.0 Å². The van der Waals surface area contributed by atoms with Crippen molar-refractivity contribution in [3.8, 4) is 0 Å². The Kier molecular flexibility index (Phi) is 18.3. The normalized spacial score (nSPS) is 11.7. The second-order valence-electron chi connectivity index (χ2n) is 7.94. The number of rotatable bonds is 20.